The summed E-state index contributed by atoms with van der Waals surface area (Å²) in [4.78, 5) is 24.7. The molecule has 0 aliphatic heterocycles. The molecule has 32 heavy (non-hydrogen) atoms. The molecule has 0 saturated carbocycles. The lowest BCUT2D eigenvalue weighted by atomic mass is 9.99. The number of aromatic carboxylic acids is 1. The number of hydrogen-bond donors (Lipinski definition) is 1. The van der Waals surface area contributed by atoms with Crippen LogP contribution in [-0.2, 0) is 13.0 Å². The molecule has 0 atom stereocenters. The summed E-state index contributed by atoms with van der Waals surface area (Å²) in [5, 5.41) is 9.45. The molecule has 1 N–H and O–H groups in total. The van der Waals surface area contributed by atoms with Gasteiger partial charge in [-0.1, -0.05) is 66.6 Å². The average Bonchev–Trinajstić information content (AvgIpc) is 3.14. The van der Waals surface area contributed by atoms with E-state index in [4.69, 9.17) is 0 Å². The van der Waals surface area contributed by atoms with Gasteiger partial charge in [-0.3, -0.25) is 9.13 Å². The van der Waals surface area contributed by atoms with Gasteiger partial charge in [0, 0.05) is 6.20 Å². The molecule has 1 heterocycles. The van der Waals surface area contributed by atoms with Crippen molar-refractivity contribution in [1.82, 2.24) is 9.13 Å². The first kappa shape index (κ1) is 21.0. The Kier molecular flexibility index (Phi) is 6.05. The third kappa shape index (κ3) is 4.26. The molecule has 0 aliphatic carbocycles. The molecule has 0 unspecified atom stereocenters. The third-order valence-electron chi connectivity index (χ3n) is 5.31. The fourth-order valence-corrected chi connectivity index (χ4v) is 3.68. The van der Waals surface area contributed by atoms with Gasteiger partial charge in [-0.25, -0.2) is 9.59 Å². The van der Waals surface area contributed by atoms with Crippen LogP contribution in [0.3, 0.4) is 0 Å². The molecule has 5 nitrogen and oxygen atoms in total. The molecule has 0 aliphatic rings. The van der Waals surface area contributed by atoms with E-state index in [0.29, 0.717) is 18.5 Å². The van der Waals surface area contributed by atoms with Crippen molar-refractivity contribution in [1.29, 1.82) is 0 Å². The Morgan fingerprint density at radius 1 is 0.938 bits per heavy atom. The van der Waals surface area contributed by atoms with Crippen LogP contribution in [-0.4, -0.2) is 20.2 Å². The predicted octanol–water partition coefficient (Wildman–Crippen LogP) is 4.62. The first-order chi connectivity index (χ1) is 15.6. The van der Waals surface area contributed by atoms with Gasteiger partial charge < -0.3 is 5.11 Å². The summed E-state index contributed by atoms with van der Waals surface area (Å²) >= 11 is 0. The van der Waals surface area contributed by atoms with Crippen LogP contribution in [0.1, 0.15) is 28.5 Å². The molecule has 1 aromatic heterocycles. The number of carboxylic acid groups (broad SMARTS) is 1. The smallest absolute Gasteiger partial charge is 0.336 e. The minimum Gasteiger partial charge on any atom is -0.478 e. The summed E-state index contributed by atoms with van der Waals surface area (Å²) in [6, 6.07) is 24.1. The van der Waals surface area contributed by atoms with Crippen molar-refractivity contribution in [3.8, 4) is 28.7 Å². The Balaban J connectivity index is 1.68. The Bertz CT molecular complexity index is 1370. The highest BCUT2D eigenvalue weighted by Gasteiger charge is 2.14. The standard InChI is InChI=1S/C27H22N2O3/c1-2-3-9-23-19-29(22-10-5-4-6-11-22)27(32)28(23)18-20-14-16-21(17-15-20)24-12-7-8-13-25(24)26(30)31/h4-8,10-17,19H,9,18H2,1H3,(H,30,31). The molecule has 0 bridgehead atoms. The fourth-order valence-electron chi connectivity index (χ4n) is 3.68. The molecule has 4 rings (SSSR count). The lowest BCUT2D eigenvalue weighted by molar-refractivity contribution is 0.0697. The zero-order valence-electron chi connectivity index (χ0n) is 17.7. The lowest BCUT2D eigenvalue weighted by Gasteiger charge is -2.09. The predicted molar refractivity (Wildman–Crippen MR) is 125 cm³/mol. The van der Waals surface area contributed by atoms with Crippen LogP contribution in [0.5, 0.6) is 0 Å². The summed E-state index contributed by atoms with van der Waals surface area (Å²) in [6.07, 6.45) is 2.33. The molecule has 158 valence electrons. The Morgan fingerprint density at radius 3 is 2.31 bits per heavy atom. The number of benzene rings is 3. The molecular formula is C27H22N2O3. The zero-order chi connectivity index (χ0) is 22.5. The zero-order valence-corrected chi connectivity index (χ0v) is 17.7. The minimum absolute atomic E-state index is 0.121. The van der Waals surface area contributed by atoms with Gasteiger partial charge in [-0.2, -0.15) is 0 Å². The molecule has 5 heteroatoms. The number of aromatic nitrogens is 2. The highest BCUT2D eigenvalue weighted by atomic mass is 16.4. The number of para-hydroxylation sites is 1. The van der Waals surface area contributed by atoms with E-state index in [1.165, 1.54) is 0 Å². The highest BCUT2D eigenvalue weighted by molar-refractivity contribution is 5.95. The van der Waals surface area contributed by atoms with E-state index >= 15 is 0 Å². The Hall–Kier alpha value is -4.30. The lowest BCUT2D eigenvalue weighted by Crippen LogP contribution is -2.24. The van der Waals surface area contributed by atoms with Crippen LogP contribution in [0, 0.1) is 11.8 Å². The van der Waals surface area contributed by atoms with Crippen molar-refractivity contribution < 1.29 is 9.90 Å². The first-order valence-corrected chi connectivity index (χ1v) is 10.3. The van der Waals surface area contributed by atoms with Crippen LogP contribution in [0.4, 0.5) is 0 Å². The van der Waals surface area contributed by atoms with Gasteiger partial charge in [0.15, 0.2) is 0 Å². The average molecular weight is 422 g/mol. The number of hydrogen-bond acceptors (Lipinski definition) is 2. The molecule has 0 amide bonds. The van der Waals surface area contributed by atoms with E-state index < -0.39 is 5.97 Å². The maximum absolute atomic E-state index is 13.2. The normalized spacial score (nSPS) is 10.4. The largest absolute Gasteiger partial charge is 0.478 e. The van der Waals surface area contributed by atoms with Gasteiger partial charge in [0.05, 0.1) is 29.9 Å². The van der Waals surface area contributed by atoms with Gasteiger partial charge in [0.25, 0.3) is 0 Å². The van der Waals surface area contributed by atoms with Crippen LogP contribution < -0.4 is 5.69 Å². The third-order valence-corrected chi connectivity index (χ3v) is 5.31. The van der Waals surface area contributed by atoms with Crippen LogP contribution in [0.15, 0.2) is 89.9 Å². The molecule has 0 saturated heterocycles. The fraction of sp³-hybridized carbons (Fsp3) is 0.111. The number of rotatable bonds is 6. The van der Waals surface area contributed by atoms with E-state index in [-0.39, 0.29) is 11.3 Å². The van der Waals surface area contributed by atoms with Crippen LogP contribution in [0.25, 0.3) is 16.8 Å². The Labute approximate surface area is 186 Å². The van der Waals surface area contributed by atoms with Crippen LogP contribution >= 0.6 is 0 Å². The second kappa shape index (κ2) is 9.23. The molecule has 0 radical (unpaired) electrons. The summed E-state index contributed by atoms with van der Waals surface area (Å²) in [6.45, 7) is 2.19. The first-order valence-electron chi connectivity index (χ1n) is 10.3. The van der Waals surface area contributed by atoms with Crippen molar-refractivity contribution in [2.24, 2.45) is 0 Å². The Morgan fingerprint density at radius 2 is 1.62 bits per heavy atom. The molecular weight excluding hydrogens is 400 g/mol. The van der Waals surface area contributed by atoms with E-state index in [1.807, 2.05) is 66.9 Å². The van der Waals surface area contributed by atoms with Gasteiger partial charge >= 0.3 is 11.7 Å². The monoisotopic (exact) mass is 422 g/mol. The summed E-state index contributed by atoms with van der Waals surface area (Å²) < 4.78 is 3.38. The number of carbonyl (C=O) groups is 1. The van der Waals surface area contributed by atoms with E-state index in [0.717, 1.165) is 22.5 Å². The maximum Gasteiger partial charge on any atom is 0.336 e. The van der Waals surface area contributed by atoms with Crippen molar-refractivity contribution in [2.75, 3.05) is 0 Å². The van der Waals surface area contributed by atoms with Gasteiger partial charge in [-0.15, -0.1) is 5.92 Å². The maximum atomic E-state index is 13.2. The summed E-state index contributed by atoms with van der Waals surface area (Å²) in [5.41, 5.74) is 4.22. The van der Waals surface area contributed by atoms with Crippen molar-refractivity contribution >= 4 is 5.97 Å². The second-order valence-electron chi connectivity index (χ2n) is 7.35. The number of nitrogens with zero attached hydrogens (tertiary/aromatic N) is 2. The molecule has 3 aromatic carbocycles. The van der Waals surface area contributed by atoms with E-state index in [2.05, 4.69) is 11.8 Å². The van der Waals surface area contributed by atoms with Gasteiger partial charge in [0.2, 0.25) is 0 Å². The van der Waals surface area contributed by atoms with Gasteiger partial charge in [-0.05, 0) is 41.8 Å². The van der Waals surface area contributed by atoms with Crippen molar-refractivity contribution in [3.05, 3.63) is 112 Å². The minimum atomic E-state index is -0.958. The van der Waals surface area contributed by atoms with Crippen molar-refractivity contribution in [2.45, 2.75) is 19.9 Å². The number of imidazole rings is 1. The highest BCUT2D eigenvalue weighted by Crippen LogP contribution is 2.24. The molecule has 0 spiro atoms. The van der Waals surface area contributed by atoms with E-state index in [9.17, 15) is 14.7 Å². The quantitative estimate of drug-likeness (QED) is 0.461. The van der Waals surface area contributed by atoms with E-state index in [1.54, 1.807) is 34.3 Å². The summed E-state index contributed by atoms with van der Waals surface area (Å²) in [5.74, 6) is 4.99. The SMILES string of the molecule is CC#CCc1cn(-c2ccccc2)c(=O)n1Cc1ccc(-c2ccccc2C(=O)O)cc1. The molecule has 4 aromatic rings. The number of carboxylic acids is 1. The molecule has 0 fully saturated rings. The second-order valence-corrected chi connectivity index (χ2v) is 7.35. The topological polar surface area (TPSA) is 64.2 Å². The van der Waals surface area contributed by atoms with Crippen LogP contribution in [0.2, 0.25) is 0 Å². The summed E-state index contributed by atoms with van der Waals surface area (Å²) in [7, 11) is 0. The van der Waals surface area contributed by atoms with Gasteiger partial charge in [0.1, 0.15) is 0 Å². The van der Waals surface area contributed by atoms with Crippen molar-refractivity contribution in [3.63, 3.8) is 0 Å².